The highest BCUT2D eigenvalue weighted by atomic mass is 32.2. The van der Waals surface area contributed by atoms with Crippen LogP contribution < -0.4 is 10.0 Å². The molecule has 8 heteroatoms. The molecule has 1 aromatic rings. The van der Waals surface area contributed by atoms with E-state index < -0.39 is 27.9 Å². The molecule has 1 amide bonds. The molecule has 7 nitrogen and oxygen atoms in total. The third-order valence-electron chi connectivity index (χ3n) is 3.18. The number of carbonyl (C=O) groups excluding carboxylic acids is 1. The molecule has 3 N–H and O–H groups in total. The van der Waals surface area contributed by atoms with E-state index in [-0.39, 0.29) is 23.8 Å². The number of aliphatic carboxylic acids is 1. The molecule has 1 atom stereocenters. The van der Waals surface area contributed by atoms with E-state index in [1.54, 1.807) is 20.8 Å². The van der Waals surface area contributed by atoms with Gasteiger partial charge in [0, 0.05) is 6.54 Å². The van der Waals surface area contributed by atoms with Gasteiger partial charge in [0.15, 0.2) is 0 Å². The van der Waals surface area contributed by atoms with Crippen LogP contribution in [0.2, 0.25) is 0 Å². The van der Waals surface area contributed by atoms with Gasteiger partial charge in [0.25, 0.3) is 0 Å². The van der Waals surface area contributed by atoms with Crippen LogP contribution in [0.5, 0.6) is 0 Å². The van der Waals surface area contributed by atoms with Gasteiger partial charge < -0.3 is 10.4 Å². The third kappa shape index (κ3) is 5.65. The lowest BCUT2D eigenvalue weighted by Crippen LogP contribution is -2.44. The molecule has 0 aliphatic rings. The Balaban J connectivity index is 2.75. The molecule has 0 saturated carbocycles. The summed E-state index contributed by atoms with van der Waals surface area (Å²) >= 11 is 0. The van der Waals surface area contributed by atoms with Crippen LogP contribution in [0.3, 0.4) is 0 Å². The highest BCUT2D eigenvalue weighted by molar-refractivity contribution is 7.89. The van der Waals surface area contributed by atoms with Gasteiger partial charge in [0.05, 0.1) is 11.3 Å². The van der Waals surface area contributed by atoms with Gasteiger partial charge in [-0.05, 0) is 23.6 Å². The molecule has 23 heavy (non-hydrogen) atoms. The first-order valence-corrected chi connectivity index (χ1v) is 8.76. The summed E-state index contributed by atoms with van der Waals surface area (Å²) in [5.74, 6) is -1.74. The van der Waals surface area contributed by atoms with Crippen molar-refractivity contribution in [3.63, 3.8) is 0 Å². The Labute approximate surface area is 136 Å². The summed E-state index contributed by atoms with van der Waals surface area (Å²) in [6, 6.07) is 4.95. The van der Waals surface area contributed by atoms with Gasteiger partial charge in [-0.25, -0.2) is 17.9 Å². The molecule has 0 aromatic heterocycles. The highest BCUT2D eigenvalue weighted by Gasteiger charge is 2.23. The number of carboxylic acid groups (broad SMARTS) is 1. The molecule has 1 unspecified atom stereocenters. The minimum atomic E-state index is -3.53. The average Bonchev–Trinajstić information content (AvgIpc) is 2.44. The lowest BCUT2D eigenvalue weighted by molar-refractivity contribution is -0.143. The quantitative estimate of drug-likeness (QED) is 0.645. The van der Waals surface area contributed by atoms with Crippen LogP contribution >= 0.6 is 0 Å². The number of hydrogen-bond donors (Lipinski definition) is 3. The summed E-state index contributed by atoms with van der Waals surface area (Å²) in [4.78, 5) is 23.1. The monoisotopic (exact) mass is 342 g/mol. The van der Waals surface area contributed by atoms with Crippen molar-refractivity contribution in [3.05, 3.63) is 29.8 Å². The molecule has 1 rings (SSSR count). The minimum Gasteiger partial charge on any atom is -0.480 e. The Morgan fingerprint density at radius 2 is 1.74 bits per heavy atom. The summed E-state index contributed by atoms with van der Waals surface area (Å²) in [6.07, 6.45) is -0.0158. The van der Waals surface area contributed by atoms with Crippen molar-refractivity contribution in [3.8, 4) is 0 Å². The van der Waals surface area contributed by atoms with E-state index in [9.17, 15) is 18.0 Å². The van der Waals surface area contributed by atoms with Gasteiger partial charge in [-0.3, -0.25) is 4.79 Å². The first kappa shape index (κ1) is 19.1. The maximum absolute atomic E-state index is 11.9. The van der Waals surface area contributed by atoms with Crippen LogP contribution in [-0.4, -0.2) is 38.0 Å². The number of nitrogens with one attached hydrogen (secondary N) is 2. The predicted molar refractivity (Wildman–Crippen MR) is 85.4 cm³/mol. The molecule has 0 aliphatic carbocycles. The minimum absolute atomic E-state index is 0.0158. The van der Waals surface area contributed by atoms with Crippen molar-refractivity contribution >= 4 is 21.9 Å². The molecule has 0 aliphatic heterocycles. The van der Waals surface area contributed by atoms with E-state index in [2.05, 4.69) is 10.0 Å². The number of carboxylic acids is 1. The van der Waals surface area contributed by atoms with Gasteiger partial charge in [-0.15, -0.1) is 0 Å². The van der Waals surface area contributed by atoms with Crippen molar-refractivity contribution in [2.75, 3.05) is 6.54 Å². The van der Waals surface area contributed by atoms with E-state index in [1.165, 1.54) is 24.3 Å². The second-order valence-electron chi connectivity index (χ2n) is 5.45. The smallest absolute Gasteiger partial charge is 0.326 e. The molecule has 0 radical (unpaired) electrons. The fourth-order valence-corrected chi connectivity index (χ4v) is 3.02. The summed E-state index contributed by atoms with van der Waals surface area (Å²) in [5, 5.41) is 11.5. The van der Waals surface area contributed by atoms with E-state index >= 15 is 0 Å². The van der Waals surface area contributed by atoms with Crippen LogP contribution in [0, 0.1) is 5.92 Å². The SMILES string of the molecule is CCNS(=O)(=O)c1ccc(CC(=O)NC(C(=O)O)C(C)C)cc1. The molecule has 0 spiro atoms. The van der Waals surface area contributed by atoms with E-state index in [1.807, 2.05) is 0 Å². The molecule has 128 valence electrons. The van der Waals surface area contributed by atoms with Crippen molar-refractivity contribution in [1.82, 2.24) is 10.0 Å². The molecule has 0 saturated heterocycles. The Bertz CT molecular complexity index is 653. The van der Waals surface area contributed by atoms with Crippen molar-refractivity contribution < 1.29 is 23.1 Å². The Hall–Kier alpha value is -1.93. The van der Waals surface area contributed by atoms with Gasteiger partial charge in [0.1, 0.15) is 6.04 Å². The molecule has 0 fully saturated rings. The van der Waals surface area contributed by atoms with Crippen LogP contribution in [0.15, 0.2) is 29.2 Å². The second kappa shape index (κ2) is 8.07. The Kier molecular flexibility index (Phi) is 6.71. The fourth-order valence-electron chi connectivity index (χ4n) is 1.98. The summed E-state index contributed by atoms with van der Waals surface area (Å²) in [5.41, 5.74) is 0.603. The van der Waals surface area contributed by atoms with Crippen LogP contribution in [0.4, 0.5) is 0 Å². The lowest BCUT2D eigenvalue weighted by Gasteiger charge is -2.17. The van der Waals surface area contributed by atoms with Gasteiger partial charge in [-0.2, -0.15) is 0 Å². The van der Waals surface area contributed by atoms with Gasteiger partial charge in [0.2, 0.25) is 15.9 Å². The number of carbonyl (C=O) groups is 2. The summed E-state index contributed by atoms with van der Waals surface area (Å²) in [7, 11) is -3.53. The first-order chi connectivity index (χ1) is 10.7. The number of sulfonamides is 1. The number of rotatable bonds is 8. The standard InChI is InChI=1S/C15H22N2O5S/c1-4-16-23(21,22)12-7-5-11(6-8-12)9-13(18)17-14(10(2)3)15(19)20/h5-8,10,14,16H,4,9H2,1-3H3,(H,17,18)(H,19,20). The fraction of sp³-hybridized carbons (Fsp3) is 0.467. The first-order valence-electron chi connectivity index (χ1n) is 7.28. The molecule has 1 aromatic carbocycles. The molecule has 0 bridgehead atoms. The maximum Gasteiger partial charge on any atom is 0.326 e. The zero-order valence-electron chi connectivity index (χ0n) is 13.4. The number of amides is 1. The molecular weight excluding hydrogens is 320 g/mol. The molecule has 0 heterocycles. The van der Waals surface area contributed by atoms with Crippen molar-refractivity contribution in [1.29, 1.82) is 0 Å². The second-order valence-corrected chi connectivity index (χ2v) is 7.22. The van der Waals surface area contributed by atoms with Crippen molar-refractivity contribution in [2.45, 2.75) is 38.1 Å². The molecular formula is C15H22N2O5S. The highest BCUT2D eigenvalue weighted by Crippen LogP contribution is 2.11. The van der Waals surface area contributed by atoms with Crippen LogP contribution in [-0.2, 0) is 26.0 Å². The van der Waals surface area contributed by atoms with E-state index in [4.69, 9.17) is 5.11 Å². The zero-order chi connectivity index (χ0) is 17.6. The summed E-state index contributed by atoms with van der Waals surface area (Å²) in [6.45, 7) is 5.39. The predicted octanol–water partition coefficient (Wildman–Crippen LogP) is 0.753. The van der Waals surface area contributed by atoms with Crippen LogP contribution in [0.1, 0.15) is 26.3 Å². The third-order valence-corrected chi connectivity index (χ3v) is 4.74. The average molecular weight is 342 g/mol. The van der Waals surface area contributed by atoms with E-state index in [0.29, 0.717) is 5.56 Å². The Morgan fingerprint density at radius 1 is 1.17 bits per heavy atom. The van der Waals surface area contributed by atoms with Crippen molar-refractivity contribution in [2.24, 2.45) is 5.92 Å². The zero-order valence-corrected chi connectivity index (χ0v) is 14.2. The van der Waals surface area contributed by atoms with Crippen LogP contribution in [0.25, 0.3) is 0 Å². The normalized spacial score (nSPS) is 12.9. The summed E-state index contributed by atoms with van der Waals surface area (Å²) < 4.78 is 26.0. The largest absolute Gasteiger partial charge is 0.480 e. The topological polar surface area (TPSA) is 113 Å². The number of benzene rings is 1. The lowest BCUT2D eigenvalue weighted by atomic mass is 10.0. The van der Waals surface area contributed by atoms with Gasteiger partial charge >= 0.3 is 5.97 Å². The number of hydrogen-bond acceptors (Lipinski definition) is 4. The van der Waals surface area contributed by atoms with Gasteiger partial charge in [-0.1, -0.05) is 32.9 Å². The maximum atomic E-state index is 11.9. The Morgan fingerprint density at radius 3 is 2.17 bits per heavy atom. The van der Waals surface area contributed by atoms with E-state index in [0.717, 1.165) is 0 Å².